The van der Waals surface area contributed by atoms with Gasteiger partial charge in [0, 0.05) is 44.1 Å². The van der Waals surface area contributed by atoms with E-state index in [1.807, 2.05) is 24.3 Å². The van der Waals surface area contributed by atoms with Gasteiger partial charge in [-0.15, -0.1) is 0 Å². The van der Waals surface area contributed by atoms with Crippen LogP contribution in [0.4, 0.5) is 0 Å². The summed E-state index contributed by atoms with van der Waals surface area (Å²) in [6.07, 6.45) is 0.326. The predicted molar refractivity (Wildman–Crippen MR) is 84.6 cm³/mol. The zero-order chi connectivity index (χ0) is 15.2. The van der Waals surface area contributed by atoms with Gasteiger partial charge in [-0.3, -0.25) is 9.59 Å². The van der Waals surface area contributed by atoms with Crippen molar-refractivity contribution in [2.75, 3.05) is 26.7 Å². The van der Waals surface area contributed by atoms with Gasteiger partial charge < -0.3 is 15.5 Å². The van der Waals surface area contributed by atoms with E-state index in [9.17, 15) is 9.59 Å². The third-order valence-electron chi connectivity index (χ3n) is 3.58. The minimum atomic E-state index is 0.0257. The van der Waals surface area contributed by atoms with Crippen LogP contribution in [0.15, 0.2) is 28.7 Å². The SMILES string of the molecule is CN(Cc1ccccc1Br)C(=O)CCNC(=O)C1CNC1. The van der Waals surface area contributed by atoms with Gasteiger partial charge in [0.2, 0.25) is 11.8 Å². The maximum Gasteiger partial charge on any atom is 0.225 e. The Kier molecular flexibility index (Phi) is 5.76. The highest BCUT2D eigenvalue weighted by molar-refractivity contribution is 9.10. The van der Waals surface area contributed by atoms with Gasteiger partial charge in [0.15, 0.2) is 0 Å². The summed E-state index contributed by atoms with van der Waals surface area (Å²) in [4.78, 5) is 25.3. The van der Waals surface area contributed by atoms with Crippen molar-refractivity contribution in [2.24, 2.45) is 5.92 Å². The van der Waals surface area contributed by atoms with E-state index in [4.69, 9.17) is 0 Å². The number of benzene rings is 1. The van der Waals surface area contributed by atoms with E-state index in [1.165, 1.54) is 0 Å². The maximum atomic E-state index is 12.0. The molecule has 1 fully saturated rings. The Bertz CT molecular complexity index is 517. The molecule has 1 heterocycles. The lowest BCUT2D eigenvalue weighted by atomic mass is 10.0. The molecule has 0 spiro atoms. The van der Waals surface area contributed by atoms with E-state index in [2.05, 4.69) is 26.6 Å². The molecule has 1 saturated heterocycles. The molecule has 1 aromatic rings. The Labute approximate surface area is 133 Å². The molecule has 21 heavy (non-hydrogen) atoms. The first-order valence-electron chi connectivity index (χ1n) is 7.03. The third kappa shape index (κ3) is 4.54. The van der Waals surface area contributed by atoms with Crippen LogP contribution in [0.25, 0.3) is 0 Å². The highest BCUT2D eigenvalue weighted by Crippen LogP contribution is 2.17. The molecule has 0 aliphatic carbocycles. The van der Waals surface area contributed by atoms with Crippen LogP contribution in [0.1, 0.15) is 12.0 Å². The molecule has 114 valence electrons. The molecule has 1 aromatic carbocycles. The summed E-state index contributed by atoms with van der Waals surface area (Å²) in [7, 11) is 1.78. The molecule has 0 saturated carbocycles. The summed E-state index contributed by atoms with van der Waals surface area (Å²) in [5.41, 5.74) is 1.07. The second-order valence-corrected chi connectivity index (χ2v) is 6.09. The Balaban J connectivity index is 1.72. The van der Waals surface area contributed by atoms with Crippen molar-refractivity contribution in [3.05, 3.63) is 34.3 Å². The molecule has 0 atom stereocenters. The number of rotatable bonds is 6. The second-order valence-electron chi connectivity index (χ2n) is 5.24. The number of carbonyl (C=O) groups excluding carboxylic acids is 2. The van der Waals surface area contributed by atoms with Gasteiger partial charge in [-0.1, -0.05) is 34.1 Å². The van der Waals surface area contributed by atoms with Crippen molar-refractivity contribution in [3.63, 3.8) is 0 Å². The summed E-state index contributed by atoms with van der Waals surface area (Å²) < 4.78 is 0.996. The average Bonchev–Trinajstić information content (AvgIpc) is 2.39. The lowest BCUT2D eigenvalue weighted by Crippen LogP contribution is -2.51. The fraction of sp³-hybridized carbons (Fsp3) is 0.467. The maximum absolute atomic E-state index is 12.0. The number of nitrogens with one attached hydrogen (secondary N) is 2. The normalized spacial score (nSPS) is 14.4. The number of halogens is 1. The summed E-state index contributed by atoms with van der Waals surface area (Å²) >= 11 is 3.47. The van der Waals surface area contributed by atoms with Gasteiger partial charge in [0.1, 0.15) is 0 Å². The molecule has 5 nitrogen and oxygen atoms in total. The number of hydrogen-bond donors (Lipinski definition) is 2. The monoisotopic (exact) mass is 353 g/mol. The molecule has 2 amide bonds. The van der Waals surface area contributed by atoms with Crippen LogP contribution in [0.3, 0.4) is 0 Å². The van der Waals surface area contributed by atoms with Crippen LogP contribution in [-0.4, -0.2) is 43.4 Å². The van der Waals surface area contributed by atoms with Gasteiger partial charge in [-0.05, 0) is 11.6 Å². The molecule has 1 aliphatic heterocycles. The van der Waals surface area contributed by atoms with Gasteiger partial charge in [0.25, 0.3) is 0 Å². The number of amides is 2. The first-order chi connectivity index (χ1) is 10.1. The van der Waals surface area contributed by atoms with Crippen LogP contribution in [0, 0.1) is 5.92 Å². The van der Waals surface area contributed by atoms with Crippen LogP contribution >= 0.6 is 15.9 Å². The van der Waals surface area contributed by atoms with Crippen molar-refractivity contribution in [1.29, 1.82) is 0 Å². The number of carbonyl (C=O) groups is 2. The number of hydrogen-bond acceptors (Lipinski definition) is 3. The molecule has 0 aromatic heterocycles. The van der Waals surface area contributed by atoms with Gasteiger partial charge >= 0.3 is 0 Å². The van der Waals surface area contributed by atoms with Gasteiger partial charge in [-0.2, -0.15) is 0 Å². The highest BCUT2D eigenvalue weighted by atomic mass is 79.9. The predicted octanol–water partition coefficient (Wildman–Crippen LogP) is 1.13. The third-order valence-corrected chi connectivity index (χ3v) is 4.36. The van der Waals surface area contributed by atoms with Crippen LogP contribution in [0.5, 0.6) is 0 Å². The van der Waals surface area contributed by atoms with E-state index < -0.39 is 0 Å². The fourth-order valence-electron chi connectivity index (χ4n) is 2.07. The molecule has 0 bridgehead atoms. The lowest BCUT2D eigenvalue weighted by Gasteiger charge is -2.26. The van der Waals surface area contributed by atoms with E-state index >= 15 is 0 Å². The topological polar surface area (TPSA) is 61.4 Å². The van der Waals surface area contributed by atoms with E-state index in [-0.39, 0.29) is 17.7 Å². The van der Waals surface area contributed by atoms with E-state index in [0.29, 0.717) is 19.5 Å². The Morgan fingerprint density at radius 3 is 2.71 bits per heavy atom. The van der Waals surface area contributed by atoms with Crippen LogP contribution in [0.2, 0.25) is 0 Å². The Morgan fingerprint density at radius 2 is 2.10 bits per heavy atom. The lowest BCUT2D eigenvalue weighted by molar-refractivity contribution is -0.130. The van der Waals surface area contributed by atoms with Crippen molar-refractivity contribution in [2.45, 2.75) is 13.0 Å². The summed E-state index contributed by atoms with van der Waals surface area (Å²) in [5, 5.41) is 5.86. The van der Waals surface area contributed by atoms with Crippen molar-refractivity contribution < 1.29 is 9.59 Å². The summed E-state index contributed by atoms with van der Waals surface area (Å²) in [6.45, 7) is 2.43. The molecule has 0 unspecified atom stereocenters. The standard InChI is InChI=1S/C15H20BrN3O2/c1-19(10-11-4-2-3-5-13(11)16)14(20)6-7-18-15(21)12-8-17-9-12/h2-5,12,17H,6-10H2,1H3,(H,18,21). The summed E-state index contributed by atoms with van der Waals surface area (Å²) in [5.74, 6) is 0.130. The first kappa shape index (κ1) is 16.0. The minimum Gasteiger partial charge on any atom is -0.355 e. The molecule has 0 radical (unpaired) electrons. The molecular weight excluding hydrogens is 334 g/mol. The highest BCUT2D eigenvalue weighted by Gasteiger charge is 2.24. The molecule has 2 rings (SSSR count). The largest absolute Gasteiger partial charge is 0.355 e. The molecule has 6 heteroatoms. The smallest absolute Gasteiger partial charge is 0.225 e. The Morgan fingerprint density at radius 1 is 1.38 bits per heavy atom. The van der Waals surface area contributed by atoms with E-state index in [0.717, 1.165) is 23.1 Å². The quantitative estimate of drug-likeness (QED) is 0.805. The average molecular weight is 354 g/mol. The Hall–Kier alpha value is -1.40. The summed E-state index contributed by atoms with van der Waals surface area (Å²) in [6, 6.07) is 7.84. The van der Waals surface area contributed by atoms with Crippen LogP contribution < -0.4 is 10.6 Å². The van der Waals surface area contributed by atoms with Gasteiger partial charge in [-0.25, -0.2) is 0 Å². The van der Waals surface area contributed by atoms with Crippen LogP contribution in [-0.2, 0) is 16.1 Å². The molecule has 2 N–H and O–H groups in total. The fourth-order valence-corrected chi connectivity index (χ4v) is 2.48. The van der Waals surface area contributed by atoms with Crippen molar-refractivity contribution in [3.8, 4) is 0 Å². The molecular formula is C15H20BrN3O2. The zero-order valence-corrected chi connectivity index (χ0v) is 13.6. The minimum absolute atomic E-state index is 0.0257. The van der Waals surface area contributed by atoms with Crippen molar-refractivity contribution in [1.82, 2.24) is 15.5 Å². The first-order valence-corrected chi connectivity index (χ1v) is 7.83. The zero-order valence-electron chi connectivity index (χ0n) is 12.1. The van der Waals surface area contributed by atoms with Crippen molar-refractivity contribution >= 4 is 27.7 Å². The second kappa shape index (κ2) is 7.56. The number of nitrogens with zero attached hydrogens (tertiary/aromatic N) is 1. The van der Waals surface area contributed by atoms with Gasteiger partial charge in [0.05, 0.1) is 5.92 Å². The van der Waals surface area contributed by atoms with E-state index in [1.54, 1.807) is 11.9 Å². The molecule has 1 aliphatic rings.